The second kappa shape index (κ2) is 7.97. The third-order valence-electron chi connectivity index (χ3n) is 3.45. The van der Waals surface area contributed by atoms with E-state index in [0.717, 1.165) is 11.3 Å². The number of ether oxygens (including phenoxy) is 2. The zero-order valence-electron chi connectivity index (χ0n) is 12.5. The molecule has 0 bridgehead atoms. The summed E-state index contributed by atoms with van der Waals surface area (Å²) in [6, 6.07) is 7.78. The molecule has 2 unspecified atom stereocenters. The molecule has 3 N–H and O–H groups in total. The lowest BCUT2D eigenvalue weighted by Gasteiger charge is -2.23. The molecule has 1 aromatic rings. The van der Waals surface area contributed by atoms with Crippen LogP contribution in [0.5, 0.6) is 0 Å². The minimum atomic E-state index is -0.238. The van der Waals surface area contributed by atoms with Crippen LogP contribution in [0.3, 0.4) is 0 Å². The predicted molar refractivity (Wildman–Crippen MR) is 81.5 cm³/mol. The molecule has 2 atom stereocenters. The fraction of sp³-hybridized carbons (Fsp3) is 0.533. The molecule has 21 heavy (non-hydrogen) atoms. The van der Waals surface area contributed by atoms with E-state index >= 15 is 0 Å². The molecular weight excluding hydrogens is 270 g/mol. The quantitative estimate of drug-likeness (QED) is 0.769. The molecule has 116 valence electrons. The summed E-state index contributed by atoms with van der Waals surface area (Å²) in [4.78, 5) is 11.9. The van der Waals surface area contributed by atoms with Gasteiger partial charge < -0.3 is 25.4 Å². The van der Waals surface area contributed by atoms with Crippen LogP contribution in [0.2, 0.25) is 0 Å². The summed E-state index contributed by atoms with van der Waals surface area (Å²) in [5.41, 5.74) is 1.90. The molecule has 1 aliphatic heterocycles. The maximum atomic E-state index is 11.9. The average molecular weight is 293 g/mol. The molecule has 1 aromatic carbocycles. The number of anilines is 1. The van der Waals surface area contributed by atoms with Crippen LogP contribution in [-0.4, -0.2) is 45.5 Å². The lowest BCUT2D eigenvalue weighted by Crippen LogP contribution is -2.41. The SMILES string of the molecule is CNC(C)c1cccc(NC(=O)NCC2COCCO2)c1. The van der Waals surface area contributed by atoms with Crippen molar-refractivity contribution in [1.29, 1.82) is 0 Å². The van der Waals surface area contributed by atoms with Gasteiger partial charge >= 0.3 is 6.03 Å². The van der Waals surface area contributed by atoms with Crippen molar-refractivity contribution in [3.63, 3.8) is 0 Å². The Morgan fingerprint density at radius 2 is 2.29 bits per heavy atom. The zero-order valence-corrected chi connectivity index (χ0v) is 12.5. The molecule has 0 saturated carbocycles. The number of hydrogen-bond acceptors (Lipinski definition) is 4. The Hall–Kier alpha value is -1.63. The van der Waals surface area contributed by atoms with E-state index in [4.69, 9.17) is 9.47 Å². The normalized spacial score (nSPS) is 19.8. The van der Waals surface area contributed by atoms with Gasteiger partial charge in [0.15, 0.2) is 0 Å². The van der Waals surface area contributed by atoms with Gasteiger partial charge in [0.1, 0.15) is 0 Å². The molecule has 2 amide bonds. The van der Waals surface area contributed by atoms with Gasteiger partial charge in [-0.2, -0.15) is 0 Å². The van der Waals surface area contributed by atoms with Crippen LogP contribution in [0.15, 0.2) is 24.3 Å². The Labute approximate surface area is 125 Å². The second-order valence-corrected chi connectivity index (χ2v) is 5.04. The van der Waals surface area contributed by atoms with Crippen LogP contribution in [0, 0.1) is 0 Å². The van der Waals surface area contributed by atoms with Gasteiger partial charge in [0, 0.05) is 18.3 Å². The summed E-state index contributed by atoms with van der Waals surface area (Å²) in [6.07, 6.45) is -0.0693. The number of benzene rings is 1. The Balaban J connectivity index is 1.81. The molecule has 0 aromatic heterocycles. The number of amides is 2. The standard InChI is InChI=1S/C15H23N3O3/c1-11(16-2)12-4-3-5-13(8-12)18-15(19)17-9-14-10-20-6-7-21-14/h3-5,8,11,14,16H,6-7,9-10H2,1-2H3,(H2,17,18,19). The lowest BCUT2D eigenvalue weighted by molar-refractivity contribution is -0.0852. The van der Waals surface area contributed by atoms with Crippen molar-refractivity contribution in [2.75, 3.05) is 38.7 Å². The monoisotopic (exact) mass is 293 g/mol. The first-order chi connectivity index (χ1) is 10.2. The Morgan fingerprint density at radius 1 is 1.43 bits per heavy atom. The highest BCUT2D eigenvalue weighted by Crippen LogP contribution is 2.16. The van der Waals surface area contributed by atoms with Gasteiger partial charge in [-0.1, -0.05) is 12.1 Å². The van der Waals surface area contributed by atoms with E-state index in [1.54, 1.807) is 0 Å². The number of hydrogen-bond donors (Lipinski definition) is 3. The molecule has 6 nitrogen and oxygen atoms in total. The van der Waals surface area contributed by atoms with E-state index in [9.17, 15) is 4.79 Å². The van der Waals surface area contributed by atoms with Crippen molar-refractivity contribution >= 4 is 11.7 Å². The van der Waals surface area contributed by atoms with E-state index < -0.39 is 0 Å². The third kappa shape index (κ3) is 5.00. The van der Waals surface area contributed by atoms with E-state index in [-0.39, 0.29) is 18.2 Å². The average Bonchev–Trinajstić information content (AvgIpc) is 2.53. The second-order valence-electron chi connectivity index (χ2n) is 5.04. The molecule has 1 fully saturated rings. The van der Waals surface area contributed by atoms with Crippen molar-refractivity contribution < 1.29 is 14.3 Å². The highest BCUT2D eigenvalue weighted by molar-refractivity contribution is 5.89. The fourth-order valence-electron chi connectivity index (χ4n) is 2.09. The van der Waals surface area contributed by atoms with E-state index in [2.05, 4.69) is 22.9 Å². The summed E-state index contributed by atoms with van der Waals surface area (Å²) < 4.78 is 10.8. The van der Waals surface area contributed by atoms with Gasteiger partial charge in [-0.25, -0.2) is 4.79 Å². The Kier molecular flexibility index (Phi) is 5.98. The number of nitrogens with one attached hydrogen (secondary N) is 3. The number of carbonyl (C=O) groups is 1. The molecule has 2 rings (SSSR count). The van der Waals surface area contributed by atoms with Crippen LogP contribution in [0.4, 0.5) is 10.5 Å². The first-order valence-corrected chi connectivity index (χ1v) is 7.20. The molecule has 1 aliphatic rings. The predicted octanol–water partition coefficient (Wildman–Crippen LogP) is 1.50. The summed E-state index contributed by atoms with van der Waals surface area (Å²) in [5.74, 6) is 0. The maximum Gasteiger partial charge on any atom is 0.319 e. The molecule has 6 heteroatoms. The van der Waals surface area contributed by atoms with Crippen LogP contribution < -0.4 is 16.0 Å². The Morgan fingerprint density at radius 3 is 3.00 bits per heavy atom. The molecule has 1 saturated heterocycles. The van der Waals surface area contributed by atoms with Crippen molar-refractivity contribution in [2.24, 2.45) is 0 Å². The van der Waals surface area contributed by atoms with Crippen LogP contribution >= 0.6 is 0 Å². The van der Waals surface area contributed by atoms with Gasteiger partial charge in [-0.3, -0.25) is 0 Å². The zero-order chi connectivity index (χ0) is 15.1. The number of rotatable bonds is 5. The molecule has 0 spiro atoms. The first kappa shape index (κ1) is 15.8. The topological polar surface area (TPSA) is 71.6 Å². The van der Waals surface area contributed by atoms with E-state index in [0.29, 0.717) is 26.4 Å². The van der Waals surface area contributed by atoms with Gasteiger partial charge in [0.05, 0.1) is 25.9 Å². The summed E-state index contributed by atoms with van der Waals surface area (Å²) >= 11 is 0. The number of urea groups is 1. The Bertz CT molecular complexity index is 461. The lowest BCUT2D eigenvalue weighted by atomic mass is 10.1. The largest absolute Gasteiger partial charge is 0.376 e. The van der Waals surface area contributed by atoms with Gasteiger partial charge in [-0.05, 0) is 31.7 Å². The van der Waals surface area contributed by atoms with E-state index in [1.165, 1.54) is 0 Å². The van der Waals surface area contributed by atoms with Gasteiger partial charge in [0.25, 0.3) is 0 Å². The summed E-state index contributed by atoms with van der Waals surface area (Å²) in [7, 11) is 1.91. The van der Waals surface area contributed by atoms with Crippen LogP contribution in [0.25, 0.3) is 0 Å². The highest BCUT2D eigenvalue weighted by atomic mass is 16.6. The smallest absolute Gasteiger partial charge is 0.319 e. The maximum absolute atomic E-state index is 11.9. The van der Waals surface area contributed by atoms with Gasteiger partial charge in [-0.15, -0.1) is 0 Å². The van der Waals surface area contributed by atoms with Gasteiger partial charge in [0.2, 0.25) is 0 Å². The third-order valence-corrected chi connectivity index (χ3v) is 3.45. The minimum absolute atomic E-state index is 0.0693. The van der Waals surface area contributed by atoms with Crippen molar-refractivity contribution in [1.82, 2.24) is 10.6 Å². The number of carbonyl (C=O) groups excluding carboxylic acids is 1. The fourth-order valence-corrected chi connectivity index (χ4v) is 2.09. The molecular formula is C15H23N3O3. The minimum Gasteiger partial charge on any atom is -0.376 e. The van der Waals surface area contributed by atoms with Crippen molar-refractivity contribution in [3.8, 4) is 0 Å². The summed E-state index contributed by atoms with van der Waals surface area (Å²) in [5, 5.41) is 8.79. The van der Waals surface area contributed by atoms with Crippen molar-refractivity contribution in [3.05, 3.63) is 29.8 Å². The van der Waals surface area contributed by atoms with Crippen LogP contribution in [-0.2, 0) is 9.47 Å². The first-order valence-electron chi connectivity index (χ1n) is 7.20. The molecule has 0 aliphatic carbocycles. The van der Waals surface area contributed by atoms with Crippen molar-refractivity contribution in [2.45, 2.75) is 19.1 Å². The molecule has 1 heterocycles. The van der Waals surface area contributed by atoms with E-state index in [1.807, 2.05) is 31.3 Å². The van der Waals surface area contributed by atoms with Crippen LogP contribution in [0.1, 0.15) is 18.5 Å². The summed E-state index contributed by atoms with van der Waals surface area (Å²) in [6.45, 7) is 4.24. The highest BCUT2D eigenvalue weighted by Gasteiger charge is 2.15. The molecule has 0 radical (unpaired) electrons.